The van der Waals surface area contributed by atoms with Gasteiger partial charge >= 0.3 is 0 Å². The molecule has 1 aromatic heterocycles. The molecule has 2 aliphatic heterocycles. The van der Waals surface area contributed by atoms with Crippen molar-refractivity contribution in [3.05, 3.63) is 17.5 Å². The predicted octanol–water partition coefficient (Wildman–Crippen LogP) is 1.48. The van der Waals surface area contributed by atoms with Gasteiger partial charge in [0.25, 0.3) is 0 Å². The van der Waals surface area contributed by atoms with Gasteiger partial charge in [-0.3, -0.25) is 9.48 Å². The van der Waals surface area contributed by atoms with Crippen molar-refractivity contribution in [3.63, 3.8) is 0 Å². The van der Waals surface area contributed by atoms with Crippen molar-refractivity contribution >= 4 is 17.7 Å². The number of nitrogens with one attached hydrogen (secondary N) is 1. The second-order valence-electron chi connectivity index (χ2n) is 6.21. The zero-order valence-electron chi connectivity index (χ0n) is 12.8. The number of hydrogen-bond donors (Lipinski definition) is 1. The van der Waals surface area contributed by atoms with Gasteiger partial charge in [-0.1, -0.05) is 13.8 Å². The third kappa shape index (κ3) is 3.43. The predicted molar refractivity (Wildman–Crippen MR) is 85.1 cm³/mol. The van der Waals surface area contributed by atoms with Gasteiger partial charge in [0.15, 0.2) is 0 Å². The molecule has 0 aromatic carbocycles. The van der Waals surface area contributed by atoms with Gasteiger partial charge in [-0.15, -0.1) is 0 Å². The highest BCUT2D eigenvalue weighted by molar-refractivity contribution is 7.99. The molecule has 1 fully saturated rings. The average Bonchev–Trinajstić information content (AvgIpc) is 3.12. The molecule has 1 N–H and O–H groups in total. The molecular formula is C15H24N4OS. The van der Waals surface area contributed by atoms with E-state index in [9.17, 15) is 4.79 Å². The van der Waals surface area contributed by atoms with Crippen molar-refractivity contribution in [1.82, 2.24) is 20.0 Å². The van der Waals surface area contributed by atoms with Crippen molar-refractivity contribution in [2.75, 3.05) is 18.1 Å². The highest BCUT2D eigenvalue weighted by Crippen LogP contribution is 2.19. The van der Waals surface area contributed by atoms with Crippen LogP contribution < -0.4 is 5.32 Å². The lowest BCUT2D eigenvalue weighted by Crippen LogP contribution is -2.40. The summed E-state index contributed by atoms with van der Waals surface area (Å²) < 4.78 is 2.06. The van der Waals surface area contributed by atoms with Gasteiger partial charge in [-0.2, -0.15) is 16.9 Å². The van der Waals surface area contributed by atoms with Crippen LogP contribution in [0.5, 0.6) is 0 Å². The molecule has 0 saturated carbocycles. The Labute approximate surface area is 130 Å². The third-order valence-electron chi connectivity index (χ3n) is 4.16. The summed E-state index contributed by atoms with van der Waals surface area (Å²) in [4.78, 5) is 14.0. The van der Waals surface area contributed by atoms with E-state index in [0.29, 0.717) is 12.6 Å². The number of thioether (sulfide) groups is 1. The lowest BCUT2D eigenvalue weighted by molar-refractivity contribution is -0.136. The van der Waals surface area contributed by atoms with Crippen LogP contribution in [-0.4, -0.2) is 44.7 Å². The molecule has 116 valence electrons. The van der Waals surface area contributed by atoms with Gasteiger partial charge in [0.05, 0.1) is 24.5 Å². The van der Waals surface area contributed by atoms with E-state index in [2.05, 4.69) is 21.2 Å². The maximum absolute atomic E-state index is 12.1. The molecule has 21 heavy (non-hydrogen) atoms. The van der Waals surface area contributed by atoms with Gasteiger partial charge in [0.1, 0.15) is 0 Å². The van der Waals surface area contributed by atoms with Gasteiger partial charge in [0.2, 0.25) is 5.91 Å². The average molecular weight is 308 g/mol. The van der Waals surface area contributed by atoms with Gasteiger partial charge in [-0.25, -0.2) is 0 Å². The summed E-state index contributed by atoms with van der Waals surface area (Å²) in [6.45, 7) is 7.05. The van der Waals surface area contributed by atoms with Crippen molar-refractivity contribution in [3.8, 4) is 0 Å². The lowest BCUT2D eigenvalue weighted by Gasteiger charge is -2.29. The number of rotatable bonds is 4. The minimum Gasteiger partial charge on any atom is -0.335 e. The van der Waals surface area contributed by atoms with Crippen LogP contribution in [0.4, 0.5) is 0 Å². The maximum Gasteiger partial charge on any atom is 0.225 e. The molecule has 1 amide bonds. The highest BCUT2D eigenvalue weighted by Gasteiger charge is 2.24. The van der Waals surface area contributed by atoms with Crippen LogP contribution in [0.1, 0.15) is 31.7 Å². The topological polar surface area (TPSA) is 50.2 Å². The molecule has 5 nitrogen and oxygen atoms in total. The van der Waals surface area contributed by atoms with E-state index in [1.165, 1.54) is 17.9 Å². The van der Waals surface area contributed by atoms with Crippen LogP contribution in [-0.2, 0) is 24.4 Å². The molecule has 0 bridgehead atoms. The number of hydrogen-bond acceptors (Lipinski definition) is 4. The smallest absolute Gasteiger partial charge is 0.225 e. The second kappa shape index (κ2) is 6.40. The molecule has 0 spiro atoms. The van der Waals surface area contributed by atoms with E-state index >= 15 is 0 Å². The summed E-state index contributed by atoms with van der Waals surface area (Å²) in [6, 6.07) is 2.78. The van der Waals surface area contributed by atoms with Gasteiger partial charge in [0, 0.05) is 30.8 Å². The summed E-state index contributed by atoms with van der Waals surface area (Å²) >= 11 is 2.02. The first kappa shape index (κ1) is 14.9. The Balaban J connectivity index is 1.60. The Morgan fingerprint density at radius 1 is 1.52 bits per heavy atom. The molecule has 3 heterocycles. The Kier molecular flexibility index (Phi) is 4.54. The summed E-state index contributed by atoms with van der Waals surface area (Å²) in [5.74, 6) is 2.79. The Morgan fingerprint density at radius 3 is 3.10 bits per heavy atom. The van der Waals surface area contributed by atoms with E-state index in [0.717, 1.165) is 31.0 Å². The van der Waals surface area contributed by atoms with Crippen LogP contribution in [0.15, 0.2) is 6.07 Å². The molecule has 1 saturated heterocycles. The standard InChI is InChI=1S/C15H24N4OS/c1-11(2)15(20)18-4-5-19-14(9-18)7-13(17-19)8-16-12-3-6-21-10-12/h7,11-12,16H,3-6,8-10H2,1-2H3/t12-/m1/s1. The Bertz CT molecular complexity index is 508. The fraction of sp³-hybridized carbons (Fsp3) is 0.733. The molecule has 3 rings (SSSR count). The molecule has 0 aliphatic carbocycles. The van der Waals surface area contributed by atoms with Crippen molar-refractivity contribution < 1.29 is 4.79 Å². The lowest BCUT2D eigenvalue weighted by atomic mass is 10.1. The van der Waals surface area contributed by atoms with E-state index in [1.54, 1.807) is 0 Å². The molecule has 1 atom stereocenters. The summed E-state index contributed by atoms with van der Waals surface area (Å²) in [7, 11) is 0. The molecular weight excluding hydrogens is 284 g/mol. The highest BCUT2D eigenvalue weighted by atomic mass is 32.2. The number of nitrogens with zero attached hydrogens (tertiary/aromatic N) is 3. The van der Waals surface area contributed by atoms with E-state index in [-0.39, 0.29) is 11.8 Å². The molecule has 1 aromatic rings. The number of aromatic nitrogens is 2. The fourth-order valence-electron chi connectivity index (χ4n) is 2.91. The zero-order valence-corrected chi connectivity index (χ0v) is 13.7. The Hall–Kier alpha value is -1.01. The third-order valence-corrected chi connectivity index (χ3v) is 5.32. The first-order valence-corrected chi connectivity index (χ1v) is 8.94. The minimum absolute atomic E-state index is 0.0699. The SMILES string of the molecule is CC(C)C(=O)N1CCn2nc(CN[C@@H]3CCSC3)cc2C1. The van der Waals surface area contributed by atoms with Crippen LogP contribution in [0, 0.1) is 5.92 Å². The molecule has 0 radical (unpaired) electrons. The molecule has 0 unspecified atom stereocenters. The zero-order chi connectivity index (χ0) is 14.8. The molecule has 6 heteroatoms. The van der Waals surface area contributed by atoms with Gasteiger partial charge < -0.3 is 10.2 Å². The van der Waals surface area contributed by atoms with Crippen LogP contribution in [0.3, 0.4) is 0 Å². The van der Waals surface area contributed by atoms with E-state index in [1.807, 2.05) is 30.5 Å². The van der Waals surface area contributed by atoms with Crippen LogP contribution in [0.2, 0.25) is 0 Å². The van der Waals surface area contributed by atoms with Crippen LogP contribution >= 0.6 is 11.8 Å². The minimum atomic E-state index is 0.0699. The van der Waals surface area contributed by atoms with Crippen molar-refractivity contribution in [2.24, 2.45) is 5.92 Å². The normalized spacial score (nSPS) is 21.9. The quantitative estimate of drug-likeness (QED) is 0.915. The maximum atomic E-state index is 12.1. The number of carbonyl (C=O) groups excluding carboxylic acids is 1. The van der Waals surface area contributed by atoms with Crippen molar-refractivity contribution in [1.29, 1.82) is 0 Å². The summed E-state index contributed by atoms with van der Waals surface area (Å²) in [5, 5.41) is 8.24. The van der Waals surface area contributed by atoms with Crippen LogP contribution in [0.25, 0.3) is 0 Å². The summed E-state index contributed by atoms with van der Waals surface area (Å²) in [6.07, 6.45) is 1.26. The van der Waals surface area contributed by atoms with Gasteiger partial charge in [-0.05, 0) is 18.2 Å². The number of carbonyl (C=O) groups is 1. The number of amides is 1. The number of fused-ring (bicyclic) bond motifs is 1. The monoisotopic (exact) mass is 308 g/mol. The van der Waals surface area contributed by atoms with Crippen molar-refractivity contribution in [2.45, 2.75) is 45.9 Å². The first-order chi connectivity index (χ1) is 10.1. The van der Waals surface area contributed by atoms with E-state index < -0.39 is 0 Å². The first-order valence-electron chi connectivity index (χ1n) is 7.79. The molecule has 2 aliphatic rings. The summed E-state index contributed by atoms with van der Waals surface area (Å²) in [5.41, 5.74) is 2.26. The largest absolute Gasteiger partial charge is 0.335 e. The van der Waals surface area contributed by atoms with E-state index in [4.69, 9.17) is 0 Å². The second-order valence-corrected chi connectivity index (χ2v) is 7.36. The Morgan fingerprint density at radius 2 is 2.38 bits per heavy atom. The fourth-order valence-corrected chi connectivity index (χ4v) is 4.10.